The maximum atomic E-state index is 13.4. The van der Waals surface area contributed by atoms with Gasteiger partial charge in [-0.3, -0.25) is 14.2 Å². The zero-order valence-electron chi connectivity index (χ0n) is 25.0. The van der Waals surface area contributed by atoms with Crippen molar-refractivity contribution in [2.45, 2.75) is 59.2 Å². The number of rotatable bonds is 8. The molecule has 2 aromatic heterocycles. The standard InChI is InChI=1S/C30H36Cl2F3N7O2/c1-29(2,3)27(44)37-15-17-7-8-20(31)23(22(17)32)39-28-38-21-13-19(26(43)36-14-16-5-6-16)24(40-25(21)41(28)4)42-11-9-18(10-12-42)30(33,34)35/h7-8,13,16,18H,5-6,9-12,14-15H2,1-4H3,(H,36,43)(H,37,44)(H,38,39). The van der Waals surface area contributed by atoms with Gasteiger partial charge in [-0.15, -0.1) is 0 Å². The molecule has 3 N–H and O–H groups in total. The lowest BCUT2D eigenvalue weighted by Gasteiger charge is -2.34. The summed E-state index contributed by atoms with van der Waals surface area (Å²) in [6.07, 6.45) is -2.30. The second kappa shape index (κ2) is 12.3. The molecule has 2 amide bonds. The minimum atomic E-state index is -4.26. The molecule has 2 aliphatic rings. The summed E-state index contributed by atoms with van der Waals surface area (Å²) in [7, 11) is 1.73. The lowest BCUT2D eigenvalue weighted by Crippen LogP contribution is -2.40. The first kappa shape index (κ1) is 32.2. The topological polar surface area (TPSA) is 104 Å². The number of amides is 2. The predicted octanol–water partition coefficient (Wildman–Crippen LogP) is 6.60. The smallest absolute Gasteiger partial charge is 0.356 e. The van der Waals surface area contributed by atoms with E-state index >= 15 is 0 Å². The number of alkyl halides is 3. The van der Waals surface area contributed by atoms with E-state index in [2.05, 4.69) is 20.9 Å². The molecule has 5 rings (SSSR count). The van der Waals surface area contributed by atoms with E-state index in [0.717, 1.165) is 12.8 Å². The zero-order chi connectivity index (χ0) is 32.0. The molecule has 3 aromatic rings. The number of aryl methyl sites for hydroxylation is 1. The molecule has 0 radical (unpaired) electrons. The highest BCUT2D eigenvalue weighted by Gasteiger charge is 2.41. The molecule has 238 valence electrons. The predicted molar refractivity (Wildman–Crippen MR) is 166 cm³/mol. The number of piperidine rings is 1. The monoisotopic (exact) mass is 653 g/mol. The zero-order valence-corrected chi connectivity index (χ0v) is 26.6. The molecule has 0 atom stereocenters. The van der Waals surface area contributed by atoms with E-state index in [9.17, 15) is 22.8 Å². The lowest BCUT2D eigenvalue weighted by atomic mass is 9.95. The van der Waals surface area contributed by atoms with E-state index in [-0.39, 0.29) is 49.9 Å². The van der Waals surface area contributed by atoms with Crippen LogP contribution in [0.3, 0.4) is 0 Å². The summed E-state index contributed by atoms with van der Waals surface area (Å²) in [5.74, 6) is -0.739. The highest BCUT2D eigenvalue weighted by Crippen LogP contribution is 2.38. The first-order chi connectivity index (χ1) is 20.6. The Hall–Kier alpha value is -3.25. The van der Waals surface area contributed by atoms with Crippen molar-refractivity contribution in [2.75, 3.05) is 29.9 Å². The number of hydrogen-bond donors (Lipinski definition) is 3. The van der Waals surface area contributed by atoms with Crippen LogP contribution in [0.4, 0.5) is 30.6 Å². The van der Waals surface area contributed by atoms with E-state index in [4.69, 9.17) is 28.2 Å². The number of nitrogens with zero attached hydrogens (tertiary/aromatic N) is 4. The lowest BCUT2D eigenvalue weighted by molar-refractivity contribution is -0.179. The van der Waals surface area contributed by atoms with Crippen LogP contribution in [0.2, 0.25) is 10.0 Å². The number of hydrogen-bond acceptors (Lipinski definition) is 6. The van der Waals surface area contributed by atoms with Crippen LogP contribution in [0, 0.1) is 17.3 Å². The van der Waals surface area contributed by atoms with Gasteiger partial charge in [0.25, 0.3) is 5.91 Å². The van der Waals surface area contributed by atoms with E-state index in [1.54, 1.807) is 34.7 Å². The van der Waals surface area contributed by atoms with Crippen molar-refractivity contribution >= 4 is 63.6 Å². The van der Waals surface area contributed by atoms with E-state index in [1.807, 2.05) is 20.8 Å². The first-order valence-electron chi connectivity index (χ1n) is 14.6. The van der Waals surface area contributed by atoms with Crippen LogP contribution in [-0.2, 0) is 18.4 Å². The van der Waals surface area contributed by atoms with Gasteiger partial charge in [0.1, 0.15) is 11.3 Å². The maximum Gasteiger partial charge on any atom is 0.391 e. The Morgan fingerprint density at radius 3 is 2.32 bits per heavy atom. The van der Waals surface area contributed by atoms with Gasteiger partial charge in [-0.05, 0) is 49.3 Å². The Morgan fingerprint density at radius 2 is 1.70 bits per heavy atom. The summed E-state index contributed by atoms with van der Waals surface area (Å²) in [6.45, 7) is 6.42. The fraction of sp³-hybridized carbons (Fsp3) is 0.533. The number of aromatic nitrogens is 3. The Morgan fingerprint density at radius 1 is 1.02 bits per heavy atom. The maximum absolute atomic E-state index is 13.4. The number of halogens is 5. The van der Waals surface area contributed by atoms with Crippen molar-refractivity contribution in [1.29, 1.82) is 0 Å². The van der Waals surface area contributed by atoms with Crippen LogP contribution >= 0.6 is 23.2 Å². The van der Waals surface area contributed by atoms with E-state index < -0.39 is 17.5 Å². The second-order valence-electron chi connectivity index (χ2n) is 12.6. The second-order valence-corrected chi connectivity index (χ2v) is 13.4. The Labute approximate surface area is 263 Å². The molecule has 0 bridgehead atoms. The number of nitrogens with one attached hydrogen (secondary N) is 3. The van der Waals surface area contributed by atoms with Crippen LogP contribution in [-0.4, -0.2) is 52.2 Å². The van der Waals surface area contributed by atoms with Crippen molar-refractivity contribution in [3.8, 4) is 0 Å². The molecular weight excluding hydrogens is 618 g/mol. The van der Waals surface area contributed by atoms with Gasteiger partial charge in [-0.2, -0.15) is 13.2 Å². The first-order valence-corrected chi connectivity index (χ1v) is 15.4. The summed E-state index contributed by atoms with van der Waals surface area (Å²) in [4.78, 5) is 36.9. The van der Waals surface area contributed by atoms with Gasteiger partial charge in [0.15, 0.2) is 5.65 Å². The normalized spacial score (nSPS) is 16.3. The highest BCUT2D eigenvalue weighted by atomic mass is 35.5. The third-order valence-corrected chi connectivity index (χ3v) is 8.85. The fourth-order valence-electron chi connectivity index (χ4n) is 5.09. The van der Waals surface area contributed by atoms with Crippen molar-refractivity contribution in [3.05, 3.63) is 39.4 Å². The molecular formula is C30H36Cl2F3N7O2. The quantitative estimate of drug-likeness (QED) is 0.253. The summed E-state index contributed by atoms with van der Waals surface area (Å²) in [5, 5.41) is 9.63. The number of benzene rings is 1. The molecule has 9 nitrogen and oxygen atoms in total. The molecule has 1 aliphatic heterocycles. The molecule has 44 heavy (non-hydrogen) atoms. The summed E-state index contributed by atoms with van der Waals surface area (Å²) in [5.41, 5.74) is 1.57. The van der Waals surface area contributed by atoms with E-state index in [1.165, 1.54) is 0 Å². The molecule has 1 aliphatic carbocycles. The van der Waals surface area contributed by atoms with Gasteiger partial charge in [0.2, 0.25) is 11.9 Å². The van der Waals surface area contributed by atoms with Crippen LogP contribution in [0.5, 0.6) is 0 Å². The molecule has 0 spiro atoms. The van der Waals surface area contributed by atoms with Gasteiger partial charge < -0.3 is 20.9 Å². The third-order valence-electron chi connectivity index (χ3n) is 8.10. The van der Waals surface area contributed by atoms with E-state index in [0.29, 0.717) is 56.7 Å². The number of pyridine rings is 1. The van der Waals surface area contributed by atoms with Gasteiger partial charge in [0, 0.05) is 38.6 Å². The highest BCUT2D eigenvalue weighted by molar-refractivity contribution is 6.39. The molecule has 1 aromatic carbocycles. The molecule has 14 heteroatoms. The van der Waals surface area contributed by atoms with Crippen molar-refractivity contribution in [2.24, 2.45) is 24.3 Å². The Balaban J connectivity index is 1.46. The summed E-state index contributed by atoms with van der Waals surface area (Å²) >= 11 is 13.2. The van der Waals surface area contributed by atoms with Crippen molar-refractivity contribution in [1.82, 2.24) is 25.2 Å². The van der Waals surface area contributed by atoms with Crippen LogP contribution in [0.15, 0.2) is 18.2 Å². The molecule has 0 unspecified atom stereocenters. The minimum absolute atomic E-state index is 0.0753. The van der Waals surface area contributed by atoms with Crippen LogP contribution in [0.25, 0.3) is 11.2 Å². The minimum Gasteiger partial charge on any atom is -0.356 e. The summed E-state index contributed by atoms with van der Waals surface area (Å²) in [6, 6.07) is 5.03. The van der Waals surface area contributed by atoms with Gasteiger partial charge >= 0.3 is 6.18 Å². The third kappa shape index (κ3) is 7.01. The molecule has 1 saturated carbocycles. The summed E-state index contributed by atoms with van der Waals surface area (Å²) < 4.78 is 41.7. The average molecular weight is 655 g/mol. The molecule has 1 saturated heterocycles. The van der Waals surface area contributed by atoms with Crippen LogP contribution < -0.4 is 20.9 Å². The SMILES string of the molecule is Cn1c(Nc2c(Cl)ccc(CNC(=O)C(C)(C)C)c2Cl)nc2cc(C(=O)NCC3CC3)c(N3CCC(C(F)(F)F)CC3)nc21. The number of fused-ring (bicyclic) bond motifs is 1. The number of carbonyl (C=O) groups excluding carboxylic acids is 2. The molecule has 3 heterocycles. The molecule has 2 fully saturated rings. The number of carbonyl (C=O) groups is 2. The number of imidazole rings is 1. The number of anilines is 3. The van der Waals surface area contributed by atoms with Gasteiger partial charge in [-0.1, -0.05) is 50.0 Å². The Kier molecular flexibility index (Phi) is 8.97. The van der Waals surface area contributed by atoms with Crippen molar-refractivity contribution in [3.63, 3.8) is 0 Å². The van der Waals surface area contributed by atoms with Crippen molar-refractivity contribution < 1.29 is 22.8 Å². The van der Waals surface area contributed by atoms with Gasteiger partial charge in [0.05, 0.1) is 27.2 Å². The fourth-order valence-corrected chi connectivity index (χ4v) is 5.63. The van der Waals surface area contributed by atoms with Gasteiger partial charge in [-0.25, -0.2) is 9.97 Å². The Bertz CT molecular complexity index is 1570. The largest absolute Gasteiger partial charge is 0.391 e. The average Bonchev–Trinajstić information content (AvgIpc) is 3.75. The van der Waals surface area contributed by atoms with Crippen LogP contribution in [0.1, 0.15) is 62.4 Å².